The van der Waals surface area contributed by atoms with Gasteiger partial charge in [0.15, 0.2) is 0 Å². The molecule has 0 saturated heterocycles. The van der Waals surface area contributed by atoms with Crippen molar-refractivity contribution >= 4 is 34.1 Å². The van der Waals surface area contributed by atoms with Crippen molar-refractivity contribution in [3.05, 3.63) is 81.4 Å². The Morgan fingerprint density at radius 3 is 2.46 bits per heavy atom. The fourth-order valence-corrected chi connectivity index (χ4v) is 4.51. The van der Waals surface area contributed by atoms with Gasteiger partial charge in [-0.2, -0.15) is 5.26 Å². The van der Waals surface area contributed by atoms with Crippen LogP contribution in [0.3, 0.4) is 0 Å². The molecule has 0 spiro atoms. The number of nitrogens with one attached hydrogen (secondary N) is 1. The van der Waals surface area contributed by atoms with E-state index in [-0.39, 0.29) is 33.3 Å². The van der Waals surface area contributed by atoms with E-state index < -0.39 is 29.1 Å². The minimum atomic E-state index is -4.86. The van der Waals surface area contributed by atoms with Crippen LogP contribution in [0.4, 0.5) is 24.8 Å². The van der Waals surface area contributed by atoms with Crippen LogP contribution in [0, 0.1) is 11.3 Å². The fourth-order valence-electron chi connectivity index (χ4n) is 4.26. The highest BCUT2D eigenvalue weighted by Crippen LogP contribution is 2.35. The molecule has 0 aliphatic carbocycles. The zero-order valence-corrected chi connectivity index (χ0v) is 21.9. The zero-order valence-electron chi connectivity index (χ0n) is 21.2. The molecule has 39 heavy (non-hydrogen) atoms. The van der Waals surface area contributed by atoms with Gasteiger partial charge in [0.05, 0.1) is 27.2 Å². The Morgan fingerprint density at radius 2 is 1.85 bits per heavy atom. The van der Waals surface area contributed by atoms with E-state index in [1.165, 1.54) is 22.8 Å². The molecule has 2 unspecified atom stereocenters. The molecule has 12 heteroatoms. The molecule has 2 atom stereocenters. The third kappa shape index (κ3) is 5.61. The Labute approximate surface area is 226 Å². The highest BCUT2D eigenvalue weighted by molar-refractivity contribution is 6.35. The summed E-state index contributed by atoms with van der Waals surface area (Å²) in [5.74, 6) is -0.116. The molecule has 202 valence electrons. The molecule has 2 aromatic heterocycles. The number of nitrogen functional groups attached to an aromatic ring is 1. The molecule has 0 radical (unpaired) electrons. The fraction of sp³-hybridized carbons (Fsp3) is 0.259. The molecule has 0 bridgehead atoms. The number of rotatable bonds is 7. The first-order valence-corrected chi connectivity index (χ1v) is 12.3. The third-order valence-corrected chi connectivity index (χ3v) is 7.03. The van der Waals surface area contributed by atoms with Crippen LogP contribution in [-0.2, 0) is 0 Å². The minimum absolute atomic E-state index is 0.168. The summed E-state index contributed by atoms with van der Waals surface area (Å²) in [5, 5.41) is 13.3. The largest absolute Gasteiger partial charge is 0.573 e. The van der Waals surface area contributed by atoms with Crippen molar-refractivity contribution in [2.75, 3.05) is 11.1 Å². The number of aromatic nitrogens is 3. The molecule has 0 aliphatic heterocycles. The molecular weight excluding hydrogens is 533 g/mol. The SMILES string of the molecule is CCC(C)(Nc1nc(N)ccc1C#N)C(C)c1nc2cccc(Cl)c2c(=O)n1-c1ccc(OC(F)(F)F)cc1. The lowest BCUT2D eigenvalue weighted by Crippen LogP contribution is -2.42. The molecule has 2 aromatic carbocycles. The van der Waals surface area contributed by atoms with Gasteiger partial charge in [-0.15, -0.1) is 13.2 Å². The second-order valence-corrected chi connectivity index (χ2v) is 9.56. The van der Waals surface area contributed by atoms with Crippen molar-refractivity contribution in [3.63, 3.8) is 0 Å². The number of hydrogen-bond acceptors (Lipinski definition) is 7. The lowest BCUT2D eigenvalue weighted by Gasteiger charge is -2.37. The van der Waals surface area contributed by atoms with Crippen LogP contribution in [-0.4, -0.2) is 26.4 Å². The first-order chi connectivity index (χ1) is 18.4. The van der Waals surface area contributed by atoms with E-state index in [1.54, 1.807) is 24.3 Å². The average molecular weight is 557 g/mol. The van der Waals surface area contributed by atoms with E-state index in [4.69, 9.17) is 22.3 Å². The lowest BCUT2D eigenvalue weighted by atomic mass is 9.83. The van der Waals surface area contributed by atoms with Gasteiger partial charge in [0.1, 0.15) is 29.3 Å². The molecule has 2 heterocycles. The molecule has 4 aromatic rings. The zero-order chi connectivity index (χ0) is 28.5. The van der Waals surface area contributed by atoms with Gasteiger partial charge in [-0.25, -0.2) is 9.97 Å². The van der Waals surface area contributed by atoms with Crippen LogP contribution in [0.2, 0.25) is 5.02 Å². The quantitative estimate of drug-likeness (QED) is 0.279. The van der Waals surface area contributed by atoms with Gasteiger partial charge in [0.2, 0.25) is 0 Å². The van der Waals surface area contributed by atoms with Crippen LogP contribution in [0.5, 0.6) is 5.75 Å². The highest BCUT2D eigenvalue weighted by Gasteiger charge is 2.36. The number of nitrogens with zero attached hydrogens (tertiary/aromatic N) is 4. The van der Waals surface area contributed by atoms with Crippen LogP contribution < -0.4 is 21.3 Å². The summed E-state index contributed by atoms with van der Waals surface area (Å²) in [4.78, 5) is 22.9. The summed E-state index contributed by atoms with van der Waals surface area (Å²) < 4.78 is 43.4. The number of fused-ring (bicyclic) bond motifs is 1. The molecule has 3 N–H and O–H groups in total. The molecule has 8 nitrogen and oxygen atoms in total. The smallest absolute Gasteiger partial charge is 0.406 e. The Balaban J connectivity index is 1.90. The standard InChI is InChI=1S/C27H24ClF3N6O2/c1-4-26(3,36-23-16(14-32)8-13-21(33)35-23)15(2)24-34-20-7-5-6-19(28)22(20)25(38)37(24)17-9-11-18(12-10-17)39-27(29,30)31/h5-13,15H,4H2,1-3H3,(H3,33,35,36). The van der Waals surface area contributed by atoms with Crippen molar-refractivity contribution < 1.29 is 17.9 Å². The van der Waals surface area contributed by atoms with Crippen molar-refractivity contribution in [1.29, 1.82) is 5.26 Å². The first-order valence-electron chi connectivity index (χ1n) is 11.9. The van der Waals surface area contributed by atoms with Gasteiger partial charge in [0, 0.05) is 11.5 Å². The predicted octanol–water partition coefficient (Wildman–Crippen LogP) is 6.17. The number of ether oxygens (including phenoxy) is 1. The minimum Gasteiger partial charge on any atom is -0.406 e. The number of nitriles is 1. The molecule has 0 aliphatic rings. The van der Waals surface area contributed by atoms with Crippen LogP contribution in [0.1, 0.15) is 44.5 Å². The number of alkyl halides is 3. The molecule has 0 saturated carbocycles. The first kappa shape index (κ1) is 27.7. The van der Waals surface area contributed by atoms with Gasteiger partial charge in [-0.1, -0.05) is 31.5 Å². The Morgan fingerprint density at radius 1 is 1.15 bits per heavy atom. The van der Waals surface area contributed by atoms with Gasteiger partial charge >= 0.3 is 6.36 Å². The maximum atomic E-state index is 13.8. The number of nitrogens with two attached hydrogens (primary N) is 1. The molecule has 0 amide bonds. The lowest BCUT2D eigenvalue weighted by molar-refractivity contribution is -0.274. The second kappa shape index (κ2) is 10.5. The predicted molar refractivity (Wildman–Crippen MR) is 143 cm³/mol. The third-order valence-electron chi connectivity index (χ3n) is 6.72. The van der Waals surface area contributed by atoms with Gasteiger partial charge < -0.3 is 15.8 Å². The van der Waals surface area contributed by atoms with Crippen LogP contribution in [0.25, 0.3) is 16.6 Å². The molecule has 0 fully saturated rings. The Hall–Kier alpha value is -4.30. The highest BCUT2D eigenvalue weighted by atomic mass is 35.5. The summed E-state index contributed by atoms with van der Waals surface area (Å²) in [6, 6.07) is 15.0. The van der Waals surface area contributed by atoms with Crippen LogP contribution in [0.15, 0.2) is 59.4 Å². The van der Waals surface area contributed by atoms with E-state index >= 15 is 0 Å². The molecular formula is C27H24ClF3N6O2. The monoisotopic (exact) mass is 556 g/mol. The van der Waals surface area contributed by atoms with E-state index in [0.29, 0.717) is 17.8 Å². The van der Waals surface area contributed by atoms with Crippen molar-refractivity contribution in [3.8, 4) is 17.5 Å². The summed E-state index contributed by atoms with van der Waals surface area (Å²) in [7, 11) is 0. The number of benzene rings is 2. The van der Waals surface area contributed by atoms with Crippen molar-refractivity contribution in [1.82, 2.24) is 14.5 Å². The Kier molecular flexibility index (Phi) is 7.44. The van der Waals surface area contributed by atoms with E-state index in [2.05, 4.69) is 21.1 Å². The Bertz CT molecular complexity index is 1630. The average Bonchev–Trinajstić information content (AvgIpc) is 2.88. The number of hydrogen-bond donors (Lipinski definition) is 2. The van der Waals surface area contributed by atoms with E-state index in [9.17, 15) is 23.2 Å². The summed E-state index contributed by atoms with van der Waals surface area (Å²) in [6.45, 7) is 5.67. The summed E-state index contributed by atoms with van der Waals surface area (Å²) in [5.41, 5.74) is 5.48. The summed E-state index contributed by atoms with van der Waals surface area (Å²) in [6.07, 6.45) is -4.35. The van der Waals surface area contributed by atoms with E-state index in [1.807, 2.05) is 20.8 Å². The normalized spacial score (nSPS) is 13.9. The van der Waals surface area contributed by atoms with Gasteiger partial charge in [-0.3, -0.25) is 9.36 Å². The van der Waals surface area contributed by atoms with Gasteiger partial charge in [-0.05, 0) is 61.9 Å². The summed E-state index contributed by atoms with van der Waals surface area (Å²) >= 11 is 6.36. The van der Waals surface area contributed by atoms with Crippen molar-refractivity contribution in [2.45, 2.75) is 45.0 Å². The molecule has 4 rings (SSSR count). The van der Waals surface area contributed by atoms with E-state index in [0.717, 1.165) is 12.1 Å². The van der Waals surface area contributed by atoms with Crippen molar-refractivity contribution in [2.24, 2.45) is 0 Å². The van der Waals surface area contributed by atoms with Crippen LogP contribution >= 0.6 is 11.6 Å². The topological polar surface area (TPSA) is 119 Å². The maximum absolute atomic E-state index is 13.8. The second-order valence-electron chi connectivity index (χ2n) is 9.15. The number of halogens is 4. The number of anilines is 2. The maximum Gasteiger partial charge on any atom is 0.573 e. The number of pyridine rings is 1. The van der Waals surface area contributed by atoms with Gasteiger partial charge in [0.25, 0.3) is 5.56 Å².